The van der Waals surface area contributed by atoms with Gasteiger partial charge in [0.15, 0.2) is 0 Å². The topological polar surface area (TPSA) is 99.9 Å². The molecule has 0 aliphatic heterocycles. The lowest BCUT2D eigenvalue weighted by molar-refractivity contribution is -0.384. The Balaban J connectivity index is 1.70. The van der Waals surface area contributed by atoms with Crippen LogP contribution in [0.5, 0.6) is 11.5 Å². The zero-order valence-corrected chi connectivity index (χ0v) is 19.6. The van der Waals surface area contributed by atoms with Crippen molar-refractivity contribution in [3.05, 3.63) is 64.2 Å². The Morgan fingerprint density at radius 1 is 1.09 bits per heavy atom. The van der Waals surface area contributed by atoms with Crippen molar-refractivity contribution in [3.8, 4) is 11.5 Å². The molecule has 0 aromatic heterocycles. The van der Waals surface area contributed by atoms with Crippen LogP contribution in [0.1, 0.15) is 46.1 Å². The molecule has 9 heteroatoms. The molecule has 0 bridgehead atoms. The fourth-order valence-corrected chi connectivity index (χ4v) is 3.92. The lowest BCUT2D eigenvalue weighted by atomic mass is 9.87. The Hall–Kier alpha value is -2.70. The molecule has 8 nitrogen and oxygen atoms in total. The van der Waals surface area contributed by atoms with Gasteiger partial charge in [-0.2, -0.15) is 0 Å². The van der Waals surface area contributed by atoms with Gasteiger partial charge in [0, 0.05) is 12.1 Å². The molecule has 1 unspecified atom stereocenters. The molecular formula is C23H29N2O6P. The van der Waals surface area contributed by atoms with E-state index in [2.05, 4.69) is 25.9 Å². The minimum atomic E-state index is -1.78. The standard InChI is InChI=1S/C23H29N2O6P/c1-16(22(26)29-15-17-5-6-17)24-32(31-21-13-9-19(10-14-21)25(27)28)30-20-11-7-18(8-12-20)23(2,3)4/h7-14,16-17,24H,5-6,15H2,1-4H3/t16-,32?/m0/s1. The summed E-state index contributed by atoms with van der Waals surface area (Å²) in [5.74, 6) is 1.07. The van der Waals surface area contributed by atoms with Crippen molar-refractivity contribution in [1.82, 2.24) is 5.09 Å². The number of non-ortho nitro benzene ring substituents is 1. The molecule has 0 saturated heterocycles. The van der Waals surface area contributed by atoms with Gasteiger partial charge < -0.3 is 13.8 Å². The van der Waals surface area contributed by atoms with Crippen molar-refractivity contribution in [1.29, 1.82) is 0 Å². The molecule has 2 aromatic rings. The van der Waals surface area contributed by atoms with E-state index in [4.69, 9.17) is 13.8 Å². The van der Waals surface area contributed by atoms with E-state index < -0.39 is 19.5 Å². The molecule has 2 atom stereocenters. The minimum Gasteiger partial charge on any atom is -0.464 e. The molecule has 0 amide bonds. The Bertz CT molecular complexity index is 923. The molecule has 0 radical (unpaired) electrons. The number of rotatable bonds is 10. The van der Waals surface area contributed by atoms with E-state index in [0.29, 0.717) is 24.0 Å². The minimum absolute atomic E-state index is 0.0105. The molecule has 1 fully saturated rings. The monoisotopic (exact) mass is 460 g/mol. The summed E-state index contributed by atoms with van der Waals surface area (Å²) in [6, 6.07) is 12.7. The number of nitro groups is 1. The van der Waals surface area contributed by atoms with Crippen LogP contribution in [0, 0.1) is 16.0 Å². The van der Waals surface area contributed by atoms with Crippen molar-refractivity contribution in [2.24, 2.45) is 5.92 Å². The zero-order chi connectivity index (χ0) is 23.3. The van der Waals surface area contributed by atoms with Crippen molar-refractivity contribution in [2.75, 3.05) is 6.61 Å². The van der Waals surface area contributed by atoms with Crippen LogP contribution < -0.4 is 14.1 Å². The van der Waals surface area contributed by atoms with Crippen LogP contribution >= 0.6 is 8.53 Å². The largest absolute Gasteiger partial charge is 0.464 e. The third kappa shape index (κ3) is 7.18. The SMILES string of the molecule is C[C@H](NP(Oc1ccc([N+](=O)[O-])cc1)Oc1ccc(C(C)(C)C)cc1)C(=O)OCC1CC1. The first-order chi connectivity index (χ1) is 15.1. The number of nitrogens with zero attached hydrogens (tertiary/aromatic N) is 1. The van der Waals surface area contributed by atoms with E-state index in [0.717, 1.165) is 18.4 Å². The third-order valence-electron chi connectivity index (χ3n) is 4.96. The second kappa shape index (κ2) is 10.3. The predicted octanol–water partition coefficient (Wildman–Crippen LogP) is 5.51. The highest BCUT2D eigenvalue weighted by Gasteiger charge is 2.27. The zero-order valence-electron chi connectivity index (χ0n) is 18.7. The third-order valence-corrected chi connectivity index (χ3v) is 6.31. The van der Waals surface area contributed by atoms with Crippen molar-refractivity contribution in [3.63, 3.8) is 0 Å². The van der Waals surface area contributed by atoms with Crippen LogP contribution in [0.2, 0.25) is 0 Å². The maximum atomic E-state index is 12.3. The smallest absolute Gasteiger partial charge is 0.382 e. The van der Waals surface area contributed by atoms with E-state index in [9.17, 15) is 14.9 Å². The van der Waals surface area contributed by atoms with Gasteiger partial charge in [0.25, 0.3) is 5.69 Å². The molecule has 0 spiro atoms. The highest BCUT2D eigenvalue weighted by atomic mass is 31.2. The second-order valence-corrected chi connectivity index (χ2v) is 10.0. The first kappa shape index (κ1) is 24.0. The summed E-state index contributed by atoms with van der Waals surface area (Å²) in [4.78, 5) is 22.7. The van der Waals surface area contributed by atoms with E-state index in [1.54, 1.807) is 6.92 Å². The van der Waals surface area contributed by atoms with Gasteiger partial charge in [-0.1, -0.05) is 32.9 Å². The van der Waals surface area contributed by atoms with E-state index in [1.165, 1.54) is 24.3 Å². The number of carbonyl (C=O) groups is 1. The first-order valence-corrected chi connectivity index (χ1v) is 11.7. The molecule has 1 aliphatic carbocycles. The fraction of sp³-hybridized carbons (Fsp3) is 0.435. The molecule has 1 saturated carbocycles. The first-order valence-electron chi connectivity index (χ1n) is 10.6. The number of carbonyl (C=O) groups excluding carboxylic acids is 1. The number of nitrogens with one attached hydrogen (secondary N) is 1. The fourth-order valence-electron chi connectivity index (χ4n) is 2.73. The van der Waals surface area contributed by atoms with Gasteiger partial charge in [0.2, 0.25) is 0 Å². The summed E-state index contributed by atoms with van der Waals surface area (Å²) in [5.41, 5.74) is 1.14. The number of hydrogen-bond acceptors (Lipinski definition) is 7. The van der Waals surface area contributed by atoms with Gasteiger partial charge in [0.05, 0.1) is 11.5 Å². The highest BCUT2D eigenvalue weighted by molar-refractivity contribution is 7.45. The summed E-state index contributed by atoms with van der Waals surface area (Å²) in [5, 5.41) is 13.9. The number of ether oxygens (including phenoxy) is 1. The maximum Gasteiger partial charge on any atom is 0.382 e. The van der Waals surface area contributed by atoms with E-state index in [-0.39, 0.29) is 17.1 Å². The van der Waals surface area contributed by atoms with Crippen LogP contribution in [0.4, 0.5) is 5.69 Å². The summed E-state index contributed by atoms with van der Waals surface area (Å²) < 4.78 is 17.3. The number of benzene rings is 2. The molecular weight excluding hydrogens is 431 g/mol. The molecule has 1 N–H and O–H groups in total. The molecule has 2 aromatic carbocycles. The van der Waals surface area contributed by atoms with Gasteiger partial charge >= 0.3 is 14.5 Å². The normalized spacial score (nSPS) is 15.5. The molecule has 1 aliphatic rings. The van der Waals surface area contributed by atoms with Crippen LogP contribution in [-0.2, 0) is 14.9 Å². The summed E-state index contributed by atoms with van der Waals surface area (Å²) in [6.45, 7) is 8.51. The Morgan fingerprint density at radius 3 is 2.09 bits per heavy atom. The number of nitro benzene ring substituents is 1. The second-order valence-electron chi connectivity index (χ2n) is 8.89. The Labute approximate surface area is 189 Å². The van der Waals surface area contributed by atoms with Gasteiger partial charge in [0.1, 0.15) is 17.5 Å². The van der Waals surface area contributed by atoms with Gasteiger partial charge in [-0.3, -0.25) is 14.9 Å². The predicted molar refractivity (Wildman–Crippen MR) is 123 cm³/mol. The van der Waals surface area contributed by atoms with Gasteiger partial charge in [-0.15, -0.1) is 0 Å². The van der Waals surface area contributed by atoms with Gasteiger partial charge in [-0.05, 0) is 60.9 Å². The van der Waals surface area contributed by atoms with Crippen LogP contribution in [0.25, 0.3) is 0 Å². The summed E-state index contributed by atoms with van der Waals surface area (Å²) in [7, 11) is -1.78. The lowest BCUT2D eigenvalue weighted by Gasteiger charge is -2.23. The van der Waals surface area contributed by atoms with E-state index in [1.807, 2.05) is 24.3 Å². The van der Waals surface area contributed by atoms with E-state index >= 15 is 0 Å². The van der Waals surface area contributed by atoms with Crippen molar-refractivity contribution < 1.29 is 23.5 Å². The van der Waals surface area contributed by atoms with Crippen LogP contribution in [-0.4, -0.2) is 23.5 Å². The molecule has 0 heterocycles. The maximum absolute atomic E-state index is 12.3. The van der Waals surface area contributed by atoms with Crippen LogP contribution in [0.3, 0.4) is 0 Å². The highest BCUT2D eigenvalue weighted by Crippen LogP contribution is 2.39. The summed E-state index contributed by atoms with van der Waals surface area (Å²) in [6.07, 6.45) is 2.19. The average molecular weight is 460 g/mol. The quantitative estimate of drug-likeness (QED) is 0.216. The molecule has 172 valence electrons. The average Bonchev–Trinajstić information content (AvgIpc) is 3.56. The van der Waals surface area contributed by atoms with Crippen molar-refractivity contribution in [2.45, 2.75) is 52.0 Å². The van der Waals surface area contributed by atoms with Crippen molar-refractivity contribution >= 4 is 20.2 Å². The number of hydrogen-bond donors (Lipinski definition) is 1. The Morgan fingerprint density at radius 2 is 1.62 bits per heavy atom. The summed E-state index contributed by atoms with van der Waals surface area (Å²) >= 11 is 0. The lowest BCUT2D eigenvalue weighted by Crippen LogP contribution is -2.34. The molecule has 3 rings (SSSR count). The van der Waals surface area contributed by atoms with Crippen LogP contribution in [0.15, 0.2) is 48.5 Å². The van der Waals surface area contributed by atoms with Gasteiger partial charge in [-0.25, -0.2) is 5.09 Å². The Kier molecular flexibility index (Phi) is 7.69. The molecule has 32 heavy (non-hydrogen) atoms. The number of esters is 1.